The highest BCUT2D eigenvalue weighted by Gasteiger charge is 2.35. The van der Waals surface area contributed by atoms with E-state index in [-0.39, 0.29) is 11.2 Å². The molecule has 1 aliphatic heterocycles. The molecule has 1 aromatic rings. The Morgan fingerprint density at radius 3 is 2.72 bits per heavy atom. The average molecular weight is 249 g/mol. The van der Waals surface area contributed by atoms with Gasteiger partial charge in [-0.15, -0.1) is 0 Å². The second kappa shape index (κ2) is 4.54. The first kappa shape index (κ1) is 12.0. The molecule has 0 radical (unpaired) electrons. The Morgan fingerprint density at radius 2 is 2.00 bits per heavy atom. The molecule has 0 saturated heterocycles. The summed E-state index contributed by atoms with van der Waals surface area (Å²) in [7, 11) is 0. The molecule has 0 amide bonds. The lowest BCUT2D eigenvalue weighted by Gasteiger charge is -2.37. The first-order chi connectivity index (χ1) is 8.75. The molecule has 2 N–H and O–H groups in total. The second-order valence-electron chi connectivity index (χ2n) is 5.58. The number of fused-ring (bicyclic) bond motifs is 1. The van der Waals surface area contributed by atoms with Crippen molar-refractivity contribution in [1.29, 1.82) is 0 Å². The van der Waals surface area contributed by atoms with Crippen LogP contribution in [0.3, 0.4) is 0 Å². The molecular weight excluding hydrogens is 229 g/mol. The number of ether oxygens (including phenoxy) is 1. The predicted octanol–water partition coefficient (Wildman–Crippen LogP) is 2.92. The standard InChI is InChI=1S/C15H20FNO/c16-13-9-14-11(4-7-18-14)8-12(13)15(10-17)5-2-1-3-6-15/h8-9H,1-7,10,17H2. The van der Waals surface area contributed by atoms with Crippen molar-refractivity contribution in [2.75, 3.05) is 13.2 Å². The van der Waals surface area contributed by atoms with Gasteiger partial charge in [0.15, 0.2) is 0 Å². The lowest BCUT2D eigenvalue weighted by Crippen LogP contribution is -2.38. The van der Waals surface area contributed by atoms with E-state index in [4.69, 9.17) is 10.5 Å². The molecule has 2 nitrogen and oxygen atoms in total. The zero-order chi connectivity index (χ0) is 12.6. The van der Waals surface area contributed by atoms with E-state index in [9.17, 15) is 4.39 Å². The molecule has 98 valence electrons. The highest BCUT2D eigenvalue weighted by atomic mass is 19.1. The Hall–Kier alpha value is -1.09. The maximum Gasteiger partial charge on any atom is 0.130 e. The van der Waals surface area contributed by atoms with Crippen molar-refractivity contribution in [2.45, 2.75) is 43.9 Å². The van der Waals surface area contributed by atoms with Gasteiger partial charge >= 0.3 is 0 Å². The number of nitrogens with two attached hydrogens (primary N) is 1. The van der Waals surface area contributed by atoms with Gasteiger partial charge in [-0.05, 0) is 30.0 Å². The normalized spacial score (nSPS) is 21.4. The molecule has 1 aliphatic carbocycles. The highest BCUT2D eigenvalue weighted by molar-refractivity contribution is 5.43. The van der Waals surface area contributed by atoms with Crippen LogP contribution in [0.5, 0.6) is 5.75 Å². The van der Waals surface area contributed by atoms with Crippen LogP contribution < -0.4 is 10.5 Å². The molecule has 3 rings (SSSR count). The minimum absolute atomic E-state index is 0.136. The van der Waals surface area contributed by atoms with Gasteiger partial charge in [0, 0.05) is 24.4 Å². The molecule has 2 aliphatic rings. The molecule has 1 fully saturated rings. The fraction of sp³-hybridized carbons (Fsp3) is 0.600. The molecule has 0 atom stereocenters. The summed E-state index contributed by atoms with van der Waals surface area (Å²) in [5.41, 5.74) is 7.82. The molecule has 18 heavy (non-hydrogen) atoms. The maximum atomic E-state index is 14.3. The van der Waals surface area contributed by atoms with Crippen molar-refractivity contribution in [3.63, 3.8) is 0 Å². The van der Waals surface area contributed by atoms with Crippen molar-refractivity contribution in [2.24, 2.45) is 5.73 Å². The Morgan fingerprint density at radius 1 is 1.22 bits per heavy atom. The van der Waals surface area contributed by atoms with Gasteiger partial charge in [-0.2, -0.15) is 0 Å². The van der Waals surface area contributed by atoms with Gasteiger partial charge in [-0.3, -0.25) is 0 Å². The third-order valence-corrected chi connectivity index (χ3v) is 4.55. The Labute approximate surface area is 107 Å². The van der Waals surface area contributed by atoms with Crippen molar-refractivity contribution in [1.82, 2.24) is 0 Å². The van der Waals surface area contributed by atoms with Gasteiger partial charge in [0.2, 0.25) is 0 Å². The third-order valence-electron chi connectivity index (χ3n) is 4.55. The lowest BCUT2D eigenvalue weighted by molar-refractivity contribution is 0.291. The lowest BCUT2D eigenvalue weighted by atomic mass is 9.69. The zero-order valence-electron chi connectivity index (χ0n) is 10.7. The Bertz CT molecular complexity index is 452. The third kappa shape index (κ3) is 1.81. The van der Waals surface area contributed by atoms with Crippen molar-refractivity contribution < 1.29 is 9.13 Å². The smallest absolute Gasteiger partial charge is 0.130 e. The topological polar surface area (TPSA) is 35.2 Å². The summed E-state index contributed by atoms with van der Waals surface area (Å²) in [6, 6.07) is 3.57. The monoisotopic (exact) mass is 249 g/mol. The van der Waals surface area contributed by atoms with E-state index in [2.05, 4.69) is 0 Å². The summed E-state index contributed by atoms with van der Waals surface area (Å²) in [6.07, 6.45) is 6.48. The summed E-state index contributed by atoms with van der Waals surface area (Å²) in [6.45, 7) is 1.22. The average Bonchev–Trinajstić information content (AvgIpc) is 2.85. The van der Waals surface area contributed by atoms with Crippen LogP contribution in [-0.2, 0) is 11.8 Å². The number of rotatable bonds is 2. The fourth-order valence-corrected chi connectivity index (χ4v) is 3.42. The van der Waals surface area contributed by atoms with Crippen LogP contribution in [0.25, 0.3) is 0 Å². The van der Waals surface area contributed by atoms with Gasteiger partial charge in [0.05, 0.1) is 6.61 Å². The quantitative estimate of drug-likeness (QED) is 0.874. The molecule has 3 heteroatoms. The highest BCUT2D eigenvalue weighted by Crippen LogP contribution is 2.42. The zero-order valence-corrected chi connectivity index (χ0v) is 10.7. The van der Waals surface area contributed by atoms with Gasteiger partial charge in [-0.25, -0.2) is 4.39 Å². The van der Waals surface area contributed by atoms with E-state index in [1.165, 1.54) is 6.42 Å². The molecule has 1 aromatic carbocycles. The van der Waals surface area contributed by atoms with Gasteiger partial charge in [0.1, 0.15) is 11.6 Å². The number of benzene rings is 1. The Kier molecular flexibility index (Phi) is 3.02. The van der Waals surface area contributed by atoms with Crippen molar-refractivity contribution >= 4 is 0 Å². The molecule has 0 bridgehead atoms. The van der Waals surface area contributed by atoms with E-state index in [0.717, 1.165) is 49.0 Å². The summed E-state index contributed by atoms with van der Waals surface area (Å²) in [4.78, 5) is 0. The van der Waals surface area contributed by atoms with E-state index in [1.54, 1.807) is 6.07 Å². The predicted molar refractivity (Wildman–Crippen MR) is 69.4 cm³/mol. The number of hydrogen-bond donors (Lipinski definition) is 1. The molecule has 0 unspecified atom stereocenters. The van der Waals surface area contributed by atoms with E-state index >= 15 is 0 Å². The first-order valence-electron chi connectivity index (χ1n) is 6.91. The van der Waals surface area contributed by atoms with Gasteiger partial charge in [0.25, 0.3) is 0 Å². The van der Waals surface area contributed by atoms with Crippen LogP contribution in [0.4, 0.5) is 4.39 Å². The minimum atomic E-state index is -0.139. The van der Waals surface area contributed by atoms with E-state index < -0.39 is 0 Å². The number of hydrogen-bond acceptors (Lipinski definition) is 2. The van der Waals surface area contributed by atoms with Gasteiger partial charge < -0.3 is 10.5 Å². The fourth-order valence-electron chi connectivity index (χ4n) is 3.42. The van der Waals surface area contributed by atoms with Crippen LogP contribution in [0.1, 0.15) is 43.2 Å². The van der Waals surface area contributed by atoms with Crippen LogP contribution in [0, 0.1) is 5.82 Å². The summed E-state index contributed by atoms with van der Waals surface area (Å²) >= 11 is 0. The Balaban J connectivity index is 2.04. The molecule has 1 heterocycles. The molecular formula is C15H20FNO. The summed E-state index contributed by atoms with van der Waals surface area (Å²) in [5.74, 6) is 0.585. The minimum Gasteiger partial charge on any atom is -0.493 e. The molecule has 1 saturated carbocycles. The van der Waals surface area contributed by atoms with Crippen molar-refractivity contribution in [3.8, 4) is 5.75 Å². The summed E-state index contributed by atoms with van der Waals surface area (Å²) < 4.78 is 19.7. The second-order valence-corrected chi connectivity index (χ2v) is 5.58. The van der Waals surface area contributed by atoms with Crippen LogP contribution in [0.15, 0.2) is 12.1 Å². The van der Waals surface area contributed by atoms with Crippen LogP contribution in [0.2, 0.25) is 0 Å². The van der Waals surface area contributed by atoms with Crippen molar-refractivity contribution in [3.05, 3.63) is 29.1 Å². The van der Waals surface area contributed by atoms with Gasteiger partial charge in [-0.1, -0.05) is 19.3 Å². The van der Waals surface area contributed by atoms with E-state index in [1.807, 2.05) is 6.07 Å². The number of halogens is 1. The largest absolute Gasteiger partial charge is 0.493 e. The SMILES string of the molecule is NCC1(c2cc3c(cc2F)OCC3)CCCCC1. The summed E-state index contributed by atoms with van der Waals surface area (Å²) in [5, 5.41) is 0. The maximum absolute atomic E-state index is 14.3. The molecule has 0 spiro atoms. The van der Waals surface area contributed by atoms with Crippen LogP contribution in [-0.4, -0.2) is 13.2 Å². The first-order valence-corrected chi connectivity index (χ1v) is 6.91. The van der Waals surface area contributed by atoms with E-state index in [0.29, 0.717) is 13.2 Å². The van der Waals surface area contributed by atoms with Crippen LogP contribution >= 0.6 is 0 Å². The molecule has 0 aromatic heterocycles.